The maximum Gasteiger partial charge on any atom is 0.374 e. The van der Waals surface area contributed by atoms with Gasteiger partial charge in [-0.1, -0.05) is 0 Å². The molecule has 2 N–H and O–H groups in total. The number of fused-ring (bicyclic) bond motifs is 1. The molecule has 22 heavy (non-hydrogen) atoms. The summed E-state index contributed by atoms with van der Waals surface area (Å²) in [6.45, 7) is 0. The third-order valence-electron chi connectivity index (χ3n) is 3.12. The van der Waals surface area contributed by atoms with Crippen molar-refractivity contribution in [3.05, 3.63) is 48.2 Å². The summed E-state index contributed by atoms with van der Waals surface area (Å²) in [5.41, 5.74) is 0.610. The molecule has 6 nitrogen and oxygen atoms in total. The fraction of sp³-hybridized carbons (Fsp3) is 0.0667. The Kier molecular flexibility index (Phi) is 3.38. The number of carboxylic acid groups (broad SMARTS) is 1. The zero-order valence-corrected chi connectivity index (χ0v) is 11.5. The number of nitrogens with zero attached hydrogens (tertiary/aromatic N) is 1. The van der Waals surface area contributed by atoms with Crippen LogP contribution in [-0.4, -0.2) is 23.2 Å². The predicted molar refractivity (Wildman–Crippen MR) is 77.2 cm³/mol. The van der Waals surface area contributed by atoms with E-state index < -0.39 is 11.8 Å². The van der Waals surface area contributed by atoms with Gasteiger partial charge in [-0.3, -0.25) is 4.98 Å². The van der Waals surface area contributed by atoms with E-state index in [0.29, 0.717) is 16.7 Å². The molecule has 7 heteroatoms. The molecule has 1 aromatic carbocycles. The van der Waals surface area contributed by atoms with Crippen LogP contribution in [0, 0.1) is 5.82 Å². The van der Waals surface area contributed by atoms with Crippen molar-refractivity contribution in [1.29, 1.82) is 0 Å². The molecule has 0 aliphatic heterocycles. The summed E-state index contributed by atoms with van der Waals surface area (Å²) in [7, 11) is 1.43. The minimum atomic E-state index is -1.26. The van der Waals surface area contributed by atoms with Crippen molar-refractivity contribution in [1.82, 2.24) is 4.98 Å². The summed E-state index contributed by atoms with van der Waals surface area (Å²) in [4.78, 5) is 15.2. The number of rotatable bonds is 4. The molecule has 2 heterocycles. The molecule has 0 aliphatic rings. The van der Waals surface area contributed by atoms with Gasteiger partial charge in [0.2, 0.25) is 5.76 Å². The largest absolute Gasteiger partial charge is 0.497 e. The Hall–Kier alpha value is -3.09. The predicted octanol–water partition coefficient (Wildman–Crippen LogP) is 3.42. The molecule has 0 saturated heterocycles. The van der Waals surface area contributed by atoms with Gasteiger partial charge in [0, 0.05) is 18.5 Å². The van der Waals surface area contributed by atoms with E-state index in [1.165, 1.54) is 37.7 Å². The first kappa shape index (κ1) is 13.9. The number of aromatic nitrogens is 1. The Bertz CT molecular complexity index is 860. The number of halogens is 1. The van der Waals surface area contributed by atoms with Crippen molar-refractivity contribution in [2.45, 2.75) is 0 Å². The van der Waals surface area contributed by atoms with Crippen LogP contribution in [0.2, 0.25) is 0 Å². The van der Waals surface area contributed by atoms with Gasteiger partial charge in [-0.15, -0.1) is 0 Å². The van der Waals surface area contributed by atoms with Crippen LogP contribution in [0.5, 0.6) is 5.75 Å². The first-order chi connectivity index (χ1) is 10.6. The van der Waals surface area contributed by atoms with Gasteiger partial charge in [-0.25, -0.2) is 9.18 Å². The Morgan fingerprint density at radius 1 is 1.41 bits per heavy atom. The third kappa shape index (κ3) is 2.32. The molecule has 0 saturated carbocycles. The van der Waals surface area contributed by atoms with E-state index in [2.05, 4.69) is 10.3 Å². The second-order valence-corrected chi connectivity index (χ2v) is 4.45. The van der Waals surface area contributed by atoms with Gasteiger partial charge in [0.25, 0.3) is 0 Å². The van der Waals surface area contributed by atoms with Gasteiger partial charge in [0.05, 0.1) is 18.2 Å². The van der Waals surface area contributed by atoms with Gasteiger partial charge in [0.1, 0.15) is 22.8 Å². The highest BCUT2D eigenvalue weighted by Crippen LogP contribution is 2.34. The molecule has 0 fully saturated rings. The quantitative estimate of drug-likeness (QED) is 0.768. The normalized spacial score (nSPS) is 10.6. The third-order valence-corrected chi connectivity index (χ3v) is 3.12. The fourth-order valence-electron chi connectivity index (χ4n) is 2.08. The molecule has 0 unspecified atom stereocenters. The average Bonchev–Trinajstić information content (AvgIpc) is 2.88. The smallest absolute Gasteiger partial charge is 0.374 e. The number of benzene rings is 1. The van der Waals surface area contributed by atoms with Crippen LogP contribution in [0.15, 0.2) is 41.1 Å². The summed E-state index contributed by atoms with van der Waals surface area (Å²) < 4.78 is 24.2. The highest BCUT2D eigenvalue weighted by molar-refractivity contribution is 6.04. The zero-order valence-electron chi connectivity index (χ0n) is 11.5. The SMILES string of the molecule is COc1ccc(Nc2c(C(=O)O)oc3ccncc23)c(F)c1. The van der Waals surface area contributed by atoms with Gasteiger partial charge in [-0.2, -0.15) is 0 Å². The summed E-state index contributed by atoms with van der Waals surface area (Å²) in [5.74, 6) is -1.78. The molecule has 0 spiro atoms. The van der Waals surface area contributed by atoms with Gasteiger partial charge >= 0.3 is 5.97 Å². The number of hydrogen-bond donors (Lipinski definition) is 2. The van der Waals surface area contributed by atoms with Gasteiger partial charge in [-0.05, 0) is 18.2 Å². The maximum atomic E-state index is 14.0. The number of furan rings is 1. The van der Waals surface area contributed by atoms with Crippen LogP contribution in [0.4, 0.5) is 15.8 Å². The number of aromatic carboxylic acids is 1. The van der Waals surface area contributed by atoms with Crippen molar-refractivity contribution < 1.29 is 23.4 Å². The number of carboxylic acids is 1. The second-order valence-electron chi connectivity index (χ2n) is 4.45. The molecule has 0 atom stereocenters. The Morgan fingerprint density at radius 2 is 2.23 bits per heavy atom. The van der Waals surface area contributed by atoms with Crippen LogP contribution in [-0.2, 0) is 0 Å². The van der Waals surface area contributed by atoms with Crippen molar-refractivity contribution in [2.24, 2.45) is 0 Å². The average molecular weight is 302 g/mol. The summed E-state index contributed by atoms with van der Waals surface area (Å²) in [6, 6.07) is 5.75. The van der Waals surface area contributed by atoms with Crippen molar-refractivity contribution in [3.63, 3.8) is 0 Å². The number of nitrogens with one attached hydrogen (secondary N) is 1. The number of pyridine rings is 1. The molecule has 0 radical (unpaired) electrons. The molecule has 0 amide bonds. The lowest BCUT2D eigenvalue weighted by molar-refractivity contribution is 0.0666. The Labute approximate surface area is 124 Å². The Morgan fingerprint density at radius 3 is 2.91 bits per heavy atom. The number of anilines is 2. The Balaban J connectivity index is 2.10. The van der Waals surface area contributed by atoms with E-state index in [1.807, 2.05) is 0 Å². The van der Waals surface area contributed by atoms with Gasteiger partial charge < -0.3 is 19.6 Å². The second kappa shape index (κ2) is 5.36. The fourth-order valence-corrected chi connectivity index (χ4v) is 2.08. The number of carbonyl (C=O) groups is 1. The number of methoxy groups -OCH3 is 1. The molecular weight excluding hydrogens is 291 g/mol. The van der Waals surface area contributed by atoms with E-state index >= 15 is 0 Å². The van der Waals surface area contributed by atoms with Crippen LogP contribution in [0.3, 0.4) is 0 Å². The maximum absolute atomic E-state index is 14.0. The molecule has 112 valence electrons. The first-order valence-corrected chi connectivity index (χ1v) is 6.30. The zero-order chi connectivity index (χ0) is 15.7. The van der Waals surface area contributed by atoms with E-state index in [0.717, 1.165) is 0 Å². The molecule has 2 aromatic heterocycles. The highest BCUT2D eigenvalue weighted by atomic mass is 19.1. The minimum absolute atomic E-state index is 0.106. The highest BCUT2D eigenvalue weighted by Gasteiger charge is 2.21. The van der Waals surface area contributed by atoms with E-state index in [-0.39, 0.29) is 17.1 Å². The van der Waals surface area contributed by atoms with E-state index in [9.17, 15) is 14.3 Å². The molecule has 0 aliphatic carbocycles. The summed E-state index contributed by atoms with van der Waals surface area (Å²) in [5, 5.41) is 12.4. The molecular formula is C15H11FN2O4. The first-order valence-electron chi connectivity index (χ1n) is 6.30. The number of hydrogen-bond acceptors (Lipinski definition) is 5. The van der Waals surface area contributed by atoms with Crippen LogP contribution in [0.25, 0.3) is 11.0 Å². The van der Waals surface area contributed by atoms with Gasteiger partial charge in [0.15, 0.2) is 0 Å². The summed E-state index contributed by atoms with van der Waals surface area (Å²) in [6.07, 6.45) is 2.93. The topological polar surface area (TPSA) is 84.6 Å². The monoisotopic (exact) mass is 302 g/mol. The van der Waals surface area contributed by atoms with Crippen LogP contribution < -0.4 is 10.1 Å². The minimum Gasteiger partial charge on any atom is -0.497 e. The lowest BCUT2D eigenvalue weighted by atomic mass is 10.2. The lowest BCUT2D eigenvalue weighted by Crippen LogP contribution is -2.01. The van der Waals surface area contributed by atoms with E-state index in [1.54, 1.807) is 6.07 Å². The number of ether oxygens (including phenoxy) is 1. The lowest BCUT2D eigenvalue weighted by Gasteiger charge is -2.08. The van der Waals surface area contributed by atoms with Crippen molar-refractivity contribution in [3.8, 4) is 5.75 Å². The molecule has 3 aromatic rings. The van der Waals surface area contributed by atoms with Crippen molar-refractivity contribution in [2.75, 3.05) is 12.4 Å². The van der Waals surface area contributed by atoms with E-state index in [4.69, 9.17) is 9.15 Å². The summed E-state index contributed by atoms with van der Waals surface area (Å²) >= 11 is 0. The standard InChI is InChI=1S/C15H11FN2O4/c1-21-8-2-3-11(10(16)6-8)18-13-9-7-17-5-4-12(9)22-14(13)15(19)20/h2-7,18H,1H3,(H,19,20). The van der Waals surface area contributed by atoms with Crippen molar-refractivity contribution >= 4 is 28.3 Å². The van der Waals surface area contributed by atoms with Crippen LogP contribution in [0.1, 0.15) is 10.6 Å². The molecule has 0 bridgehead atoms. The molecule has 3 rings (SSSR count). The van der Waals surface area contributed by atoms with Crippen LogP contribution >= 0.6 is 0 Å².